The van der Waals surface area contributed by atoms with Crippen molar-refractivity contribution < 1.29 is 9.53 Å². The van der Waals surface area contributed by atoms with Crippen LogP contribution >= 0.6 is 0 Å². The first-order valence-electron chi connectivity index (χ1n) is 6.95. The average Bonchev–Trinajstić information content (AvgIpc) is 2.27. The van der Waals surface area contributed by atoms with Gasteiger partial charge in [-0.2, -0.15) is 0 Å². The Morgan fingerprint density at radius 1 is 1.24 bits per heavy atom. The summed E-state index contributed by atoms with van der Waals surface area (Å²) in [4.78, 5) is 12.0. The Kier molecular flexibility index (Phi) is 2.69. The van der Waals surface area contributed by atoms with Gasteiger partial charge in [-0.25, -0.2) is 0 Å². The maximum atomic E-state index is 12.0. The van der Waals surface area contributed by atoms with Crippen LogP contribution in [0.5, 0.6) is 0 Å². The predicted octanol–water partition coefficient (Wildman–Crippen LogP) is 1.95. The van der Waals surface area contributed by atoms with Crippen molar-refractivity contribution >= 4 is 5.97 Å². The number of ether oxygens (including phenoxy) is 1. The summed E-state index contributed by atoms with van der Waals surface area (Å²) < 4.78 is 4.97. The maximum absolute atomic E-state index is 12.0. The van der Waals surface area contributed by atoms with Crippen molar-refractivity contribution in [2.24, 2.45) is 34.8 Å². The lowest BCUT2D eigenvalue weighted by Crippen LogP contribution is -2.53. The molecule has 0 aromatic carbocycles. The molecule has 0 aromatic rings. The summed E-state index contributed by atoms with van der Waals surface area (Å²) in [7, 11) is 1.49. The van der Waals surface area contributed by atoms with E-state index in [-0.39, 0.29) is 17.3 Å². The summed E-state index contributed by atoms with van der Waals surface area (Å²) in [6, 6.07) is 0. The molecule has 4 aliphatic carbocycles. The summed E-state index contributed by atoms with van der Waals surface area (Å²) in [5.41, 5.74) is 6.06. The molecule has 4 aliphatic rings. The van der Waals surface area contributed by atoms with Crippen LogP contribution in [0.2, 0.25) is 0 Å². The molecule has 17 heavy (non-hydrogen) atoms. The van der Waals surface area contributed by atoms with E-state index in [9.17, 15) is 4.79 Å². The lowest BCUT2D eigenvalue weighted by atomic mass is 9.46. The van der Waals surface area contributed by atoms with Gasteiger partial charge in [0.25, 0.3) is 0 Å². The smallest absolute Gasteiger partial charge is 0.310 e. The Hall–Kier alpha value is -0.570. The molecule has 2 N–H and O–H groups in total. The van der Waals surface area contributed by atoms with Gasteiger partial charge in [0, 0.05) is 6.54 Å². The van der Waals surface area contributed by atoms with E-state index in [1.165, 1.54) is 45.6 Å². The number of methoxy groups -OCH3 is 1. The van der Waals surface area contributed by atoms with Crippen molar-refractivity contribution in [1.82, 2.24) is 0 Å². The Morgan fingerprint density at radius 3 is 2.06 bits per heavy atom. The van der Waals surface area contributed by atoms with Gasteiger partial charge in [0.2, 0.25) is 0 Å². The zero-order valence-corrected chi connectivity index (χ0v) is 10.7. The van der Waals surface area contributed by atoms with E-state index in [1.54, 1.807) is 0 Å². The monoisotopic (exact) mass is 237 g/mol. The number of rotatable bonds is 3. The molecule has 4 saturated carbocycles. The number of carbonyl (C=O) groups excluding carboxylic acids is 1. The van der Waals surface area contributed by atoms with E-state index in [4.69, 9.17) is 10.5 Å². The maximum Gasteiger partial charge on any atom is 0.310 e. The lowest BCUT2D eigenvalue weighted by molar-refractivity contribution is -0.160. The highest BCUT2D eigenvalue weighted by atomic mass is 16.5. The second-order valence-corrected chi connectivity index (χ2v) is 6.59. The van der Waals surface area contributed by atoms with E-state index in [2.05, 4.69) is 0 Å². The molecule has 1 unspecified atom stereocenters. The molecule has 0 spiro atoms. The van der Waals surface area contributed by atoms with E-state index in [0.717, 1.165) is 17.8 Å². The van der Waals surface area contributed by atoms with E-state index in [1.807, 2.05) is 0 Å². The highest BCUT2D eigenvalue weighted by Crippen LogP contribution is 2.62. The van der Waals surface area contributed by atoms with Crippen molar-refractivity contribution in [3.05, 3.63) is 0 Å². The third-order valence-electron chi connectivity index (χ3n) is 5.55. The molecular weight excluding hydrogens is 214 g/mol. The van der Waals surface area contributed by atoms with Gasteiger partial charge < -0.3 is 10.5 Å². The molecule has 0 aromatic heterocycles. The van der Waals surface area contributed by atoms with Gasteiger partial charge in [0.15, 0.2) is 0 Å². The number of carbonyl (C=O) groups is 1. The third kappa shape index (κ3) is 1.70. The van der Waals surface area contributed by atoms with E-state index < -0.39 is 0 Å². The van der Waals surface area contributed by atoms with Gasteiger partial charge in [0.1, 0.15) is 0 Å². The minimum Gasteiger partial charge on any atom is -0.469 e. The molecule has 3 nitrogen and oxygen atoms in total. The normalized spacial score (nSPS) is 44.7. The van der Waals surface area contributed by atoms with Crippen LogP contribution in [-0.2, 0) is 9.53 Å². The van der Waals surface area contributed by atoms with Gasteiger partial charge in [-0.3, -0.25) is 4.79 Å². The minimum absolute atomic E-state index is 0.0547. The minimum atomic E-state index is -0.0746. The van der Waals surface area contributed by atoms with Crippen LogP contribution in [0.25, 0.3) is 0 Å². The molecule has 4 rings (SSSR count). The largest absolute Gasteiger partial charge is 0.469 e. The lowest BCUT2D eigenvalue weighted by Gasteiger charge is -2.58. The van der Waals surface area contributed by atoms with Crippen LogP contribution in [0.1, 0.15) is 38.5 Å². The number of hydrogen-bond donors (Lipinski definition) is 1. The molecule has 3 heteroatoms. The Morgan fingerprint density at radius 2 is 1.71 bits per heavy atom. The molecule has 0 heterocycles. The van der Waals surface area contributed by atoms with Crippen molar-refractivity contribution in [2.45, 2.75) is 38.5 Å². The van der Waals surface area contributed by atoms with Crippen LogP contribution in [0.4, 0.5) is 0 Å². The van der Waals surface area contributed by atoms with E-state index in [0.29, 0.717) is 6.54 Å². The Bertz CT molecular complexity index is 291. The molecule has 0 aliphatic heterocycles. The summed E-state index contributed by atoms with van der Waals surface area (Å²) >= 11 is 0. The number of esters is 1. The SMILES string of the molecule is COC(=O)C(CN)C12CC3CC(CC(C3)C1)C2. The van der Waals surface area contributed by atoms with Crippen LogP contribution in [0.3, 0.4) is 0 Å². The average molecular weight is 237 g/mol. The van der Waals surface area contributed by atoms with Crippen LogP contribution in [0, 0.1) is 29.1 Å². The van der Waals surface area contributed by atoms with Gasteiger partial charge in [-0.1, -0.05) is 0 Å². The van der Waals surface area contributed by atoms with Crippen molar-refractivity contribution in [3.8, 4) is 0 Å². The molecule has 1 atom stereocenters. The second-order valence-electron chi connectivity index (χ2n) is 6.59. The second kappa shape index (κ2) is 3.98. The summed E-state index contributed by atoms with van der Waals surface area (Å²) in [6.07, 6.45) is 7.86. The molecular formula is C14H23NO2. The van der Waals surface area contributed by atoms with Crippen LogP contribution < -0.4 is 5.73 Å². The molecule has 4 bridgehead atoms. The quantitative estimate of drug-likeness (QED) is 0.763. The Labute approximate surface area is 103 Å². The fourth-order valence-electron chi connectivity index (χ4n) is 5.34. The number of nitrogens with two attached hydrogens (primary N) is 1. The fraction of sp³-hybridized carbons (Fsp3) is 0.929. The number of hydrogen-bond acceptors (Lipinski definition) is 3. The molecule has 0 amide bonds. The molecule has 4 fully saturated rings. The zero-order valence-electron chi connectivity index (χ0n) is 10.7. The van der Waals surface area contributed by atoms with Crippen molar-refractivity contribution in [2.75, 3.05) is 13.7 Å². The van der Waals surface area contributed by atoms with Crippen LogP contribution in [0.15, 0.2) is 0 Å². The highest BCUT2D eigenvalue weighted by molar-refractivity contribution is 5.73. The van der Waals surface area contributed by atoms with Gasteiger partial charge in [-0.05, 0) is 61.7 Å². The van der Waals surface area contributed by atoms with Crippen molar-refractivity contribution in [1.29, 1.82) is 0 Å². The van der Waals surface area contributed by atoms with Gasteiger partial charge in [-0.15, -0.1) is 0 Å². The molecule has 0 radical (unpaired) electrons. The fourth-order valence-corrected chi connectivity index (χ4v) is 5.34. The van der Waals surface area contributed by atoms with Gasteiger partial charge in [0.05, 0.1) is 13.0 Å². The molecule has 96 valence electrons. The zero-order chi connectivity index (χ0) is 12.0. The van der Waals surface area contributed by atoms with Crippen LogP contribution in [-0.4, -0.2) is 19.6 Å². The molecule has 0 saturated heterocycles. The summed E-state index contributed by atoms with van der Waals surface area (Å²) in [5.74, 6) is 2.45. The first kappa shape index (κ1) is 11.5. The Balaban J connectivity index is 1.87. The van der Waals surface area contributed by atoms with E-state index >= 15 is 0 Å². The summed E-state index contributed by atoms with van der Waals surface area (Å²) in [5, 5.41) is 0. The third-order valence-corrected chi connectivity index (χ3v) is 5.55. The van der Waals surface area contributed by atoms with Crippen molar-refractivity contribution in [3.63, 3.8) is 0 Å². The first-order chi connectivity index (χ1) is 8.16. The highest BCUT2D eigenvalue weighted by Gasteiger charge is 2.55. The van der Waals surface area contributed by atoms with Gasteiger partial charge >= 0.3 is 5.97 Å². The summed E-state index contributed by atoms with van der Waals surface area (Å²) in [6.45, 7) is 0.457. The predicted molar refractivity (Wildman–Crippen MR) is 65.2 cm³/mol. The standard InChI is InChI=1S/C14H23NO2/c1-17-13(16)12(8-15)14-5-9-2-10(6-14)4-11(3-9)7-14/h9-12H,2-8,15H2,1H3. The first-order valence-corrected chi connectivity index (χ1v) is 6.95. The topological polar surface area (TPSA) is 52.3 Å².